The van der Waals surface area contributed by atoms with Crippen LogP contribution < -0.4 is 10.2 Å². The normalized spacial score (nSPS) is 26.2. The summed E-state index contributed by atoms with van der Waals surface area (Å²) in [6, 6.07) is 3.90. The Morgan fingerprint density at radius 3 is 2.41 bits per heavy atom. The van der Waals surface area contributed by atoms with Gasteiger partial charge in [0, 0.05) is 44.8 Å². The van der Waals surface area contributed by atoms with E-state index in [9.17, 15) is 19.2 Å². The minimum atomic E-state index is -1.30. The summed E-state index contributed by atoms with van der Waals surface area (Å²) in [7, 11) is 2.06. The van der Waals surface area contributed by atoms with E-state index in [2.05, 4.69) is 22.2 Å². The third-order valence-electron chi connectivity index (χ3n) is 6.84. The molecule has 170 valence electrons. The number of likely N-dealkylation sites (N-methyl/N-ethyl adjacent to an activating group) is 1. The molecule has 5 rings (SSSR count). The number of amides is 4. The van der Waals surface area contributed by atoms with Crippen LogP contribution in [0.4, 0.5) is 10.1 Å². The highest BCUT2D eigenvalue weighted by Crippen LogP contribution is 2.35. The third kappa shape index (κ3) is 3.57. The Morgan fingerprint density at radius 1 is 1.03 bits per heavy atom. The summed E-state index contributed by atoms with van der Waals surface area (Å²) < 4.78 is 15.2. The van der Waals surface area contributed by atoms with Crippen molar-refractivity contribution in [1.29, 1.82) is 0 Å². The predicted molar refractivity (Wildman–Crippen MR) is 113 cm³/mol. The first-order valence-corrected chi connectivity index (χ1v) is 10.9. The molecule has 4 aliphatic heterocycles. The second-order valence-electron chi connectivity index (χ2n) is 9.26. The Balaban J connectivity index is 1.27. The number of alkyl halides is 1. The second-order valence-corrected chi connectivity index (χ2v) is 9.26. The predicted octanol–water partition coefficient (Wildman–Crippen LogP) is -0.136. The van der Waals surface area contributed by atoms with Crippen molar-refractivity contribution in [3.05, 3.63) is 29.3 Å². The minimum Gasteiger partial charge on any atom is -0.365 e. The fourth-order valence-corrected chi connectivity index (χ4v) is 4.98. The van der Waals surface area contributed by atoms with Gasteiger partial charge < -0.3 is 9.80 Å². The maximum Gasteiger partial charge on any atom is 0.262 e. The summed E-state index contributed by atoms with van der Waals surface area (Å²) in [5.74, 6) is -2.13. The summed E-state index contributed by atoms with van der Waals surface area (Å²) in [6.07, 6.45) is 0.195. The molecule has 1 N–H and O–H groups in total. The maximum absolute atomic E-state index is 15.2. The second kappa shape index (κ2) is 7.63. The van der Waals surface area contributed by atoms with Crippen LogP contribution in [0.5, 0.6) is 0 Å². The van der Waals surface area contributed by atoms with Crippen LogP contribution in [0.1, 0.15) is 33.6 Å². The highest BCUT2D eigenvalue weighted by molar-refractivity contribution is 6.23. The van der Waals surface area contributed by atoms with Crippen molar-refractivity contribution in [2.45, 2.75) is 24.6 Å². The SMILES string of the molecule is CN1CCN(CC2(F)CN(c3ccc4c(c3)C(=O)N(C3CCC(=O)NC3=O)C4=O)C2)CC1. The van der Waals surface area contributed by atoms with Gasteiger partial charge in [-0.1, -0.05) is 0 Å². The van der Waals surface area contributed by atoms with Crippen molar-refractivity contribution in [1.82, 2.24) is 20.0 Å². The van der Waals surface area contributed by atoms with Crippen molar-refractivity contribution in [3.63, 3.8) is 0 Å². The van der Waals surface area contributed by atoms with Gasteiger partial charge in [0.2, 0.25) is 11.8 Å². The average Bonchev–Trinajstić information content (AvgIpc) is 2.98. The fourth-order valence-electron chi connectivity index (χ4n) is 4.98. The molecule has 1 aromatic carbocycles. The van der Waals surface area contributed by atoms with E-state index in [4.69, 9.17) is 0 Å². The van der Waals surface area contributed by atoms with Gasteiger partial charge in [0.25, 0.3) is 11.8 Å². The van der Waals surface area contributed by atoms with Gasteiger partial charge in [0.15, 0.2) is 5.67 Å². The Kier molecular flexibility index (Phi) is 5.01. The smallest absolute Gasteiger partial charge is 0.262 e. The molecule has 1 unspecified atom stereocenters. The standard InChI is InChI=1S/C22H26FN5O4/c1-25-6-8-26(9-7-25)11-22(23)12-27(13-22)14-2-3-15-16(10-14)21(32)28(20(15)31)17-4-5-18(29)24-19(17)30/h2-3,10,17H,4-9,11-13H2,1H3,(H,24,29,30). The van der Waals surface area contributed by atoms with Gasteiger partial charge in [-0.15, -0.1) is 0 Å². The van der Waals surface area contributed by atoms with Gasteiger partial charge in [-0.05, 0) is 31.7 Å². The number of halogens is 1. The Bertz CT molecular complexity index is 1000. The number of hydrogen-bond acceptors (Lipinski definition) is 7. The molecule has 1 aromatic rings. The monoisotopic (exact) mass is 443 g/mol. The number of carbonyl (C=O) groups excluding carboxylic acids is 4. The van der Waals surface area contributed by atoms with E-state index in [0.717, 1.165) is 31.1 Å². The van der Waals surface area contributed by atoms with Crippen LogP contribution in [0.2, 0.25) is 0 Å². The highest BCUT2D eigenvalue weighted by atomic mass is 19.1. The molecule has 9 nitrogen and oxygen atoms in total. The lowest BCUT2D eigenvalue weighted by atomic mass is 9.93. The lowest BCUT2D eigenvalue weighted by molar-refractivity contribution is -0.136. The number of nitrogens with one attached hydrogen (secondary N) is 1. The Labute approximate surface area is 185 Å². The number of nitrogens with zero attached hydrogens (tertiary/aromatic N) is 4. The molecule has 0 saturated carbocycles. The average molecular weight is 443 g/mol. The Morgan fingerprint density at radius 2 is 1.72 bits per heavy atom. The van der Waals surface area contributed by atoms with Gasteiger partial charge in [-0.2, -0.15) is 0 Å². The zero-order chi connectivity index (χ0) is 22.6. The fraction of sp³-hybridized carbons (Fsp3) is 0.545. The van der Waals surface area contributed by atoms with Crippen LogP contribution in [-0.2, 0) is 9.59 Å². The number of piperazine rings is 1. The molecule has 1 atom stereocenters. The minimum absolute atomic E-state index is 0.0781. The van der Waals surface area contributed by atoms with Crippen LogP contribution >= 0.6 is 0 Å². The van der Waals surface area contributed by atoms with Crippen molar-refractivity contribution < 1.29 is 23.6 Å². The number of fused-ring (bicyclic) bond motifs is 1. The molecule has 4 aliphatic rings. The molecule has 32 heavy (non-hydrogen) atoms. The number of rotatable bonds is 4. The van der Waals surface area contributed by atoms with E-state index in [1.807, 2.05) is 4.90 Å². The van der Waals surface area contributed by atoms with Gasteiger partial charge in [-0.25, -0.2) is 4.39 Å². The zero-order valence-electron chi connectivity index (χ0n) is 18.0. The van der Waals surface area contributed by atoms with E-state index in [1.54, 1.807) is 18.2 Å². The van der Waals surface area contributed by atoms with Crippen molar-refractivity contribution in [3.8, 4) is 0 Å². The molecule has 0 aromatic heterocycles. The number of piperidine rings is 1. The number of hydrogen-bond donors (Lipinski definition) is 1. The van der Waals surface area contributed by atoms with Crippen molar-refractivity contribution >= 4 is 29.3 Å². The molecule has 4 heterocycles. The van der Waals surface area contributed by atoms with Gasteiger partial charge in [0.05, 0.1) is 24.2 Å². The van der Waals surface area contributed by atoms with Crippen LogP contribution in [0.3, 0.4) is 0 Å². The maximum atomic E-state index is 15.2. The van der Waals surface area contributed by atoms with Crippen LogP contribution in [0, 0.1) is 0 Å². The lowest BCUT2D eigenvalue weighted by Gasteiger charge is -2.48. The molecule has 0 aliphatic carbocycles. The largest absolute Gasteiger partial charge is 0.365 e. The lowest BCUT2D eigenvalue weighted by Crippen LogP contribution is -2.65. The number of anilines is 1. The molecule has 0 radical (unpaired) electrons. The van der Waals surface area contributed by atoms with E-state index >= 15 is 4.39 Å². The summed E-state index contributed by atoms with van der Waals surface area (Å²) >= 11 is 0. The van der Waals surface area contributed by atoms with Crippen molar-refractivity contribution in [2.24, 2.45) is 0 Å². The molecular weight excluding hydrogens is 417 g/mol. The third-order valence-corrected chi connectivity index (χ3v) is 6.84. The molecular formula is C22H26FN5O4. The van der Waals surface area contributed by atoms with E-state index in [-0.39, 0.29) is 37.1 Å². The van der Waals surface area contributed by atoms with Crippen LogP contribution in [-0.4, -0.2) is 103 Å². The highest BCUT2D eigenvalue weighted by Gasteiger charge is 2.47. The molecule has 3 fully saturated rings. The van der Waals surface area contributed by atoms with Gasteiger partial charge in [-0.3, -0.25) is 34.3 Å². The first kappa shape index (κ1) is 21.0. The van der Waals surface area contributed by atoms with E-state index in [1.165, 1.54) is 0 Å². The van der Waals surface area contributed by atoms with Crippen LogP contribution in [0.15, 0.2) is 18.2 Å². The summed E-state index contributed by atoms with van der Waals surface area (Å²) in [6.45, 7) is 4.44. The summed E-state index contributed by atoms with van der Waals surface area (Å²) in [5, 5.41) is 2.19. The Hall–Kier alpha value is -2.85. The summed E-state index contributed by atoms with van der Waals surface area (Å²) in [5.41, 5.74) is -0.171. The number of imide groups is 2. The first-order chi connectivity index (χ1) is 15.2. The summed E-state index contributed by atoms with van der Waals surface area (Å²) in [4.78, 5) is 56.6. The van der Waals surface area contributed by atoms with Gasteiger partial charge in [0.1, 0.15) is 6.04 Å². The number of benzene rings is 1. The molecule has 3 saturated heterocycles. The molecule has 4 amide bonds. The molecule has 0 spiro atoms. The molecule has 0 bridgehead atoms. The van der Waals surface area contributed by atoms with E-state index < -0.39 is 35.3 Å². The van der Waals surface area contributed by atoms with E-state index in [0.29, 0.717) is 12.2 Å². The van der Waals surface area contributed by atoms with Crippen LogP contribution in [0.25, 0.3) is 0 Å². The quantitative estimate of drug-likeness (QED) is 0.648. The van der Waals surface area contributed by atoms with Gasteiger partial charge >= 0.3 is 0 Å². The molecule has 10 heteroatoms. The number of carbonyl (C=O) groups is 4. The van der Waals surface area contributed by atoms with Crippen molar-refractivity contribution in [2.75, 3.05) is 57.8 Å². The topological polar surface area (TPSA) is 93.3 Å². The first-order valence-electron chi connectivity index (χ1n) is 10.9. The zero-order valence-corrected chi connectivity index (χ0v) is 18.0.